The molecular formula is C44H59ClN4O14S. The van der Waals surface area contributed by atoms with E-state index in [0.29, 0.717) is 22.9 Å². The van der Waals surface area contributed by atoms with Crippen LogP contribution in [0.2, 0.25) is 5.02 Å². The van der Waals surface area contributed by atoms with Crippen LogP contribution in [-0.4, -0.2) is 137 Å². The van der Waals surface area contributed by atoms with Crippen LogP contribution in [0.15, 0.2) is 35.9 Å². The number of hydroxylamine groups is 2. The number of allylic oxidation sites excluding steroid dienone is 3. The van der Waals surface area contributed by atoms with E-state index in [4.69, 9.17) is 40.1 Å². The number of imide groups is 1. The lowest BCUT2D eigenvalue weighted by Gasteiger charge is -2.42. The van der Waals surface area contributed by atoms with Crippen LogP contribution in [-0.2, 0) is 59.0 Å². The highest BCUT2D eigenvalue weighted by Gasteiger charge is 2.64. The second kappa shape index (κ2) is 20.2. The monoisotopic (exact) mass is 934 g/mol. The number of nitrogens with zero attached hydrogens (tertiary/aromatic N) is 3. The molecule has 4 heterocycles. The van der Waals surface area contributed by atoms with Gasteiger partial charge in [-0.15, -0.1) is 16.8 Å². The topological polar surface area (TPSA) is 220 Å². The Morgan fingerprint density at radius 2 is 1.80 bits per heavy atom. The van der Waals surface area contributed by atoms with Crippen molar-refractivity contribution >= 4 is 70.7 Å². The van der Waals surface area contributed by atoms with Crippen molar-refractivity contribution in [2.24, 2.45) is 5.92 Å². The molecule has 64 heavy (non-hydrogen) atoms. The molecule has 0 aromatic heterocycles. The summed E-state index contributed by atoms with van der Waals surface area (Å²) in [7, 11) is 5.88. The van der Waals surface area contributed by atoms with Crippen LogP contribution in [0.25, 0.3) is 0 Å². The Morgan fingerprint density at radius 3 is 2.44 bits per heavy atom. The van der Waals surface area contributed by atoms with E-state index in [1.807, 2.05) is 26.8 Å². The van der Waals surface area contributed by atoms with E-state index in [2.05, 4.69) is 5.32 Å². The molecule has 0 spiro atoms. The van der Waals surface area contributed by atoms with Crippen molar-refractivity contribution in [1.29, 1.82) is 0 Å². The number of alkyl carbamates (subject to hydrolysis) is 1. The van der Waals surface area contributed by atoms with Crippen molar-refractivity contribution in [2.75, 3.05) is 39.0 Å². The van der Waals surface area contributed by atoms with Crippen molar-refractivity contribution in [1.82, 2.24) is 15.3 Å². The van der Waals surface area contributed by atoms with Gasteiger partial charge in [-0.25, -0.2) is 14.4 Å². The van der Waals surface area contributed by atoms with Crippen molar-refractivity contribution in [3.8, 4) is 5.75 Å². The first kappa shape index (κ1) is 50.3. The number of hydrogen-bond acceptors (Lipinski definition) is 15. The van der Waals surface area contributed by atoms with Crippen LogP contribution in [0, 0.1) is 5.92 Å². The molecule has 3 saturated heterocycles. The SMILES string of the molecule is COc1cc2cc(c1Cl)N(C)C(=O)CC(OC(=O)C(C)N(C)C(=O)CCC(C)(C)SCC(=O)ON1C(=O)CCC1=O)C1(C)OC1C(C)C1CC(O)(NC(=O)O1)C(OC)/C=C/C=C(\C)C2. The lowest BCUT2D eigenvalue weighted by Crippen LogP contribution is -2.63. The molecule has 4 bridgehead atoms. The van der Waals surface area contributed by atoms with Gasteiger partial charge in [0, 0.05) is 57.6 Å². The lowest BCUT2D eigenvalue weighted by atomic mass is 9.83. The molecule has 3 fully saturated rings. The van der Waals surface area contributed by atoms with Crippen LogP contribution in [0.4, 0.5) is 10.5 Å². The van der Waals surface area contributed by atoms with Crippen LogP contribution in [0.5, 0.6) is 5.75 Å². The smallest absolute Gasteiger partial charge is 0.409 e. The number of methoxy groups -OCH3 is 2. The normalized spacial score (nSPS) is 29.4. The zero-order valence-electron chi connectivity index (χ0n) is 37.9. The molecule has 4 aliphatic rings. The quantitative estimate of drug-likeness (QED) is 0.168. The van der Waals surface area contributed by atoms with E-state index < -0.39 is 94.1 Å². The average molecular weight is 935 g/mol. The van der Waals surface area contributed by atoms with Gasteiger partial charge in [-0.2, -0.15) is 0 Å². The number of amides is 5. The molecule has 2 N–H and O–H groups in total. The summed E-state index contributed by atoms with van der Waals surface area (Å²) in [6.45, 7) is 10.5. The summed E-state index contributed by atoms with van der Waals surface area (Å²) in [5.41, 5.74) is -1.16. The van der Waals surface area contributed by atoms with Gasteiger partial charge in [0.1, 0.15) is 40.7 Å². The number of hydrogen-bond donors (Lipinski definition) is 2. The van der Waals surface area contributed by atoms with E-state index in [1.165, 1.54) is 49.8 Å². The Hall–Kier alpha value is -4.69. The van der Waals surface area contributed by atoms with Gasteiger partial charge in [0.2, 0.25) is 11.8 Å². The summed E-state index contributed by atoms with van der Waals surface area (Å²) in [6.07, 6.45) is 0.656. The Bertz CT molecular complexity index is 2070. The highest BCUT2D eigenvalue weighted by molar-refractivity contribution is 8.01. The summed E-state index contributed by atoms with van der Waals surface area (Å²) < 4.78 is 28.7. The number of carbonyl (C=O) groups excluding carboxylic acids is 7. The number of esters is 1. The second-order valence-corrected chi connectivity index (χ2v) is 19.6. The first-order valence-electron chi connectivity index (χ1n) is 21.0. The number of benzene rings is 1. The first-order valence-corrected chi connectivity index (χ1v) is 22.3. The molecule has 20 heteroatoms. The Balaban J connectivity index is 1.36. The summed E-state index contributed by atoms with van der Waals surface area (Å²) in [4.78, 5) is 98.4. The zero-order chi connectivity index (χ0) is 47.5. The van der Waals surface area contributed by atoms with Gasteiger partial charge in [-0.3, -0.25) is 24.5 Å². The molecule has 8 atom stereocenters. The molecule has 5 rings (SSSR count). The molecule has 1 aromatic rings. The number of epoxide rings is 1. The number of aliphatic hydroxyl groups is 1. The van der Waals surface area contributed by atoms with E-state index in [-0.39, 0.29) is 49.3 Å². The molecule has 0 radical (unpaired) electrons. The van der Waals surface area contributed by atoms with Crippen molar-refractivity contribution < 1.29 is 67.2 Å². The maximum atomic E-state index is 14.3. The molecule has 1 aromatic carbocycles. The zero-order valence-corrected chi connectivity index (χ0v) is 39.5. The summed E-state index contributed by atoms with van der Waals surface area (Å²) in [6, 6.07) is 2.41. The Kier molecular flexibility index (Phi) is 15.9. The molecule has 18 nitrogen and oxygen atoms in total. The van der Waals surface area contributed by atoms with Gasteiger partial charge in [0.25, 0.3) is 11.8 Å². The van der Waals surface area contributed by atoms with Gasteiger partial charge in [-0.05, 0) is 51.3 Å². The van der Waals surface area contributed by atoms with Gasteiger partial charge in [0.05, 0.1) is 31.1 Å². The predicted octanol–water partition coefficient (Wildman–Crippen LogP) is 4.41. The standard InChI is InChI=1S/C44H59ClN4O14S/c1-24-12-11-13-31(59-10)44(57)22-30(60-41(56)46-44)25(2)39-43(6,62-39)32(21-36(53)48(8)28-19-27(18-24)20-29(58-9)38(28)45)61-40(55)26(3)47(7)33(50)16-17-42(4,5)64-23-37(54)63-49-34(51)14-15-35(49)52/h11-13,19-20,25-26,30-32,39,57H,14-18,21-23H2,1-10H3,(H,46,56)/b13-11+,24-12+. The number of rotatable bonds is 12. The molecule has 8 unspecified atom stereocenters. The second-order valence-electron chi connectivity index (χ2n) is 17.5. The van der Waals surface area contributed by atoms with Crippen LogP contribution < -0.4 is 15.0 Å². The summed E-state index contributed by atoms with van der Waals surface area (Å²) >= 11 is 7.97. The fourth-order valence-electron chi connectivity index (χ4n) is 7.91. The minimum atomic E-state index is -1.87. The van der Waals surface area contributed by atoms with E-state index in [9.17, 15) is 38.7 Å². The third-order valence-corrected chi connectivity index (χ3v) is 14.0. The number of halogens is 1. The summed E-state index contributed by atoms with van der Waals surface area (Å²) in [5, 5.41) is 15.0. The number of thioether (sulfide) groups is 1. The number of ether oxygens (including phenoxy) is 5. The van der Waals surface area contributed by atoms with Crippen LogP contribution in [0.3, 0.4) is 0 Å². The number of anilines is 1. The van der Waals surface area contributed by atoms with E-state index in [1.54, 1.807) is 45.2 Å². The lowest BCUT2D eigenvalue weighted by molar-refractivity contribution is -0.195. The third-order valence-electron chi connectivity index (χ3n) is 12.2. The van der Waals surface area contributed by atoms with Gasteiger partial charge >= 0.3 is 18.0 Å². The maximum Gasteiger partial charge on any atom is 0.409 e. The maximum absolute atomic E-state index is 14.3. The molecular weight excluding hydrogens is 876 g/mol. The third kappa shape index (κ3) is 11.6. The molecule has 0 saturated carbocycles. The predicted molar refractivity (Wildman–Crippen MR) is 234 cm³/mol. The molecule has 352 valence electrons. The van der Waals surface area contributed by atoms with Crippen LogP contribution >= 0.6 is 23.4 Å². The minimum Gasteiger partial charge on any atom is -0.495 e. The molecule has 5 amide bonds. The fourth-order valence-corrected chi connectivity index (χ4v) is 9.04. The fraction of sp³-hybridized carbons (Fsp3) is 0.614. The average Bonchev–Trinajstić information content (AvgIpc) is 3.85. The van der Waals surface area contributed by atoms with Crippen molar-refractivity contribution in [3.05, 3.63) is 46.5 Å². The first-order chi connectivity index (χ1) is 29.9. The van der Waals surface area contributed by atoms with E-state index in [0.717, 1.165) is 11.1 Å². The molecule has 0 aliphatic carbocycles. The van der Waals surface area contributed by atoms with Crippen molar-refractivity contribution in [2.45, 2.75) is 133 Å². The van der Waals surface area contributed by atoms with Crippen molar-refractivity contribution in [3.63, 3.8) is 0 Å². The van der Waals surface area contributed by atoms with Crippen LogP contribution in [0.1, 0.15) is 85.6 Å². The number of carbonyl (C=O) groups is 7. The highest BCUT2D eigenvalue weighted by Crippen LogP contribution is 2.49. The number of fused-ring (bicyclic) bond motifs is 5. The largest absolute Gasteiger partial charge is 0.495 e. The summed E-state index contributed by atoms with van der Waals surface area (Å²) in [5.74, 6) is -4.08. The Labute approximate surface area is 382 Å². The van der Waals surface area contributed by atoms with Gasteiger partial charge in [-0.1, -0.05) is 56.2 Å². The minimum absolute atomic E-state index is 0.0149. The van der Waals surface area contributed by atoms with E-state index >= 15 is 0 Å². The number of likely N-dealkylation sites (N-methyl/N-ethyl adjacent to an activating group) is 1. The highest BCUT2D eigenvalue weighted by atomic mass is 35.5. The van der Waals surface area contributed by atoms with Gasteiger partial charge in [0.15, 0.2) is 5.72 Å². The molecule has 4 aliphatic heterocycles. The Morgan fingerprint density at radius 1 is 1.12 bits per heavy atom. The van der Waals surface area contributed by atoms with Gasteiger partial charge < -0.3 is 43.4 Å². The number of nitrogens with one attached hydrogen (secondary N) is 1.